The fourth-order valence-corrected chi connectivity index (χ4v) is 4.89. The standard InChI is InChI=1S/C16H35OPS/c1-15(2)11-7-5-9-13-19(18-17)14-10-6-8-12-16(3)4/h15-17H,5-14H2,1-4H3. The minimum Gasteiger partial charge on any atom is -0.337 e. The molecule has 0 aliphatic heterocycles. The summed E-state index contributed by atoms with van der Waals surface area (Å²) in [6, 6.07) is 0. The topological polar surface area (TPSA) is 20.2 Å². The molecule has 0 radical (unpaired) electrons. The van der Waals surface area contributed by atoms with Crippen molar-refractivity contribution in [3.8, 4) is 0 Å². The molecule has 0 unspecified atom stereocenters. The maximum atomic E-state index is 9.40. The van der Waals surface area contributed by atoms with Gasteiger partial charge < -0.3 is 4.89 Å². The predicted molar refractivity (Wildman–Crippen MR) is 92.8 cm³/mol. The molecule has 0 aromatic heterocycles. The summed E-state index contributed by atoms with van der Waals surface area (Å²) in [5.74, 6) is 4.19. The third-order valence-corrected chi connectivity index (χ3v) is 6.98. The van der Waals surface area contributed by atoms with Crippen molar-refractivity contribution >= 4 is 17.7 Å². The Morgan fingerprint density at radius 2 is 1.16 bits per heavy atom. The van der Waals surface area contributed by atoms with Crippen LogP contribution in [-0.4, -0.2) is 16.4 Å². The highest BCUT2D eigenvalue weighted by Crippen LogP contribution is 2.13. The maximum Gasteiger partial charge on any atom is 0.0852 e. The smallest absolute Gasteiger partial charge is 0.0852 e. The summed E-state index contributed by atoms with van der Waals surface area (Å²) in [4.78, 5) is 9.40. The second-order valence-electron chi connectivity index (χ2n) is 6.44. The van der Waals surface area contributed by atoms with Crippen LogP contribution in [0.5, 0.6) is 0 Å². The van der Waals surface area contributed by atoms with Gasteiger partial charge in [-0.3, -0.25) is 0 Å². The lowest BCUT2D eigenvalue weighted by molar-refractivity contribution is 0.534. The molecule has 0 bridgehead atoms. The van der Waals surface area contributed by atoms with Gasteiger partial charge in [-0.25, -0.2) is 0 Å². The van der Waals surface area contributed by atoms with Crippen molar-refractivity contribution in [1.82, 2.24) is 0 Å². The van der Waals surface area contributed by atoms with Gasteiger partial charge in [0.1, 0.15) is 0 Å². The Morgan fingerprint density at radius 3 is 1.47 bits per heavy atom. The molecule has 0 aromatic rings. The minimum absolute atomic E-state index is 0.268. The highest BCUT2D eigenvalue weighted by atomic mass is 32.5. The summed E-state index contributed by atoms with van der Waals surface area (Å²) in [5.41, 5.74) is 0. The second kappa shape index (κ2) is 13.6. The van der Waals surface area contributed by atoms with E-state index in [1.807, 2.05) is 0 Å². The van der Waals surface area contributed by atoms with Gasteiger partial charge in [-0.15, -0.1) is 10.1 Å². The Kier molecular flexibility index (Phi) is 14.0. The molecule has 0 aromatic carbocycles. The largest absolute Gasteiger partial charge is 0.337 e. The number of rotatable bonds is 12. The summed E-state index contributed by atoms with van der Waals surface area (Å²) < 4.78 is 0. The third-order valence-electron chi connectivity index (χ3n) is 3.44. The van der Waals surface area contributed by atoms with Gasteiger partial charge in [-0.2, -0.15) is 0 Å². The molecule has 0 saturated carbocycles. The van der Waals surface area contributed by atoms with E-state index < -0.39 is 0 Å². The zero-order chi connectivity index (χ0) is 14.5. The molecule has 1 N–H and O–H groups in total. The van der Waals surface area contributed by atoms with Crippen LogP contribution in [0, 0.1) is 11.8 Å². The molecule has 0 heterocycles. The molecular formula is C16H35OPS. The van der Waals surface area contributed by atoms with Gasteiger partial charge in [0.15, 0.2) is 0 Å². The lowest BCUT2D eigenvalue weighted by Crippen LogP contribution is -2.01. The van der Waals surface area contributed by atoms with Crippen LogP contribution in [-0.2, 0) is 10.1 Å². The van der Waals surface area contributed by atoms with E-state index in [2.05, 4.69) is 27.7 Å². The highest BCUT2D eigenvalue weighted by molar-refractivity contribution is 8.19. The fourth-order valence-electron chi connectivity index (χ4n) is 2.18. The van der Waals surface area contributed by atoms with E-state index in [1.165, 1.54) is 62.9 Å². The van der Waals surface area contributed by atoms with Crippen LogP contribution in [0.3, 0.4) is 0 Å². The van der Waals surface area contributed by atoms with Crippen molar-refractivity contribution in [2.24, 2.45) is 11.8 Å². The third kappa shape index (κ3) is 14.8. The van der Waals surface area contributed by atoms with Gasteiger partial charge in [-0.1, -0.05) is 66.2 Å². The summed E-state index contributed by atoms with van der Waals surface area (Å²) in [6.45, 7) is 9.20. The molecule has 1 nitrogen and oxygen atoms in total. The first-order valence-electron chi connectivity index (χ1n) is 8.09. The number of hydrogen-bond donors (Lipinski definition) is 1. The summed E-state index contributed by atoms with van der Waals surface area (Å²) >= 11 is 0. The van der Waals surface area contributed by atoms with Crippen LogP contribution in [0.2, 0.25) is 0 Å². The zero-order valence-electron chi connectivity index (χ0n) is 13.5. The van der Waals surface area contributed by atoms with Crippen molar-refractivity contribution in [1.29, 1.82) is 0 Å². The molecule has 0 fully saturated rings. The van der Waals surface area contributed by atoms with E-state index >= 15 is 0 Å². The first-order valence-corrected chi connectivity index (χ1v) is 11.1. The lowest BCUT2D eigenvalue weighted by atomic mass is 10.1. The van der Waals surface area contributed by atoms with Crippen molar-refractivity contribution in [3.05, 3.63) is 0 Å². The molecule has 0 aliphatic carbocycles. The van der Waals surface area contributed by atoms with Gasteiger partial charge in [0.05, 0.1) is 7.58 Å². The summed E-state index contributed by atoms with van der Waals surface area (Å²) in [6.07, 6.45) is 10.8. The summed E-state index contributed by atoms with van der Waals surface area (Å²) in [7, 11) is 0.927. The van der Waals surface area contributed by atoms with Crippen molar-refractivity contribution in [3.63, 3.8) is 0 Å². The zero-order valence-corrected chi connectivity index (χ0v) is 15.2. The van der Waals surface area contributed by atoms with Gasteiger partial charge in [-0.05, 0) is 36.2 Å². The monoisotopic (exact) mass is 306 g/mol. The van der Waals surface area contributed by atoms with Crippen molar-refractivity contribution < 1.29 is 4.89 Å². The average Bonchev–Trinajstić information content (AvgIpc) is 2.34. The quantitative estimate of drug-likeness (QED) is 0.356. The minimum atomic E-state index is 0.268. The molecule has 0 rings (SSSR count). The summed E-state index contributed by atoms with van der Waals surface area (Å²) in [5, 5.41) is 0. The molecule has 3 heteroatoms. The lowest BCUT2D eigenvalue weighted by Gasteiger charge is -2.09. The Bertz CT molecular complexity index is 207. The van der Waals surface area contributed by atoms with Crippen molar-refractivity contribution in [2.75, 3.05) is 11.5 Å². The van der Waals surface area contributed by atoms with Crippen LogP contribution in [0.15, 0.2) is 0 Å². The Hall–Kier alpha value is 0.610. The molecule has 0 aliphatic rings. The molecule has 0 amide bonds. The molecule has 0 atom stereocenters. The predicted octanol–water partition coefficient (Wildman–Crippen LogP) is 5.81. The van der Waals surface area contributed by atoms with Crippen LogP contribution in [0.4, 0.5) is 0 Å². The van der Waals surface area contributed by atoms with Gasteiger partial charge in [0.25, 0.3) is 0 Å². The van der Waals surface area contributed by atoms with E-state index in [4.69, 9.17) is 0 Å². The van der Waals surface area contributed by atoms with Crippen LogP contribution in [0.1, 0.15) is 79.1 Å². The number of hydrogen-bond acceptors (Lipinski definition) is 0. The van der Waals surface area contributed by atoms with E-state index in [9.17, 15) is 4.89 Å². The fraction of sp³-hybridized carbons (Fsp3) is 1.00. The van der Waals surface area contributed by atoms with Crippen LogP contribution >= 0.6 is 7.58 Å². The molecule has 19 heavy (non-hydrogen) atoms. The first kappa shape index (κ1) is 19.6. The molecular weight excluding hydrogens is 271 g/mol. The van der Waals surface area contributed by atoms with Crippen molar-refractivity contribution in [2.45, 2.75) is 79.1 Å². The van der Waals surface area contributed by atoms with Crippen LogP contribution in [0.25, 0.3) is 0 Å². The van der Waals surface area contributed by atoms with E-state index in [0.717, 1.165) is 11.8 Å². The van der Waals surface area contributed by atoms with E-state index in [1.54, 1.807) is 0 Å². The van der Waals surface area contributed by atoms with E-state index in [-0.39, 0.29) is 10.1 Å². The molecule has 0 saturated heterocycles. The highest BCUT2D eigenvalue weighted by Gasteiger charge is 2.00. The number of unbranched alkanes of at least 4 members (excludes halogenated alkanes) is 4. The van der Waals surface area contributed by atoms with E-state index in [0.29, 0.717) is 7.58 Å². The van der Waals surface area contributed by atoms with Crippen LogP contribution < -0.4 is 0 Å². The Balaban J connectivity index is 3.46. The first-order chi connectivity index (χ1) is 9.06. The maximum absolute atomic E-state index is 9.40. The second-order valence-corrected chi connectivity index (χ2v) is 10.4. The van der Waals surface area contributed by atoms with Gasteiger partial charge in [0.2, 0.25) is 0 Å². The molecule has 0 spiro atoms. The van der Waals surface area contributed by atoms with Gasteiger partial charge in [0, 0.05) is 0 Å². The Labute approximate surface area is 125 Å². The average molecular weight is 306 g/mol. The SMILES string of the molecule is CC(C)CCCCCS(CCCCCC(C)C)=PO. The normalized spacial score (nSPS) is 12.2. The molecule has 116 valence electrons. The van der Waals surface area contributed by atoms with Gasteiger partial charge >= 0.3 is 0 Å². The Morgan fingerprint density at radius 1 is 0.737 bits per heavy atom.